The van der Waals surface area contributed by atoms with Crippen LogP contribution in [0.5, 0.6) is 5.75 Å². The van der Waals surface area contributed by atoms with E-state index in [1.165, 1.54) is 70.6 Å². The molecule has 5 nitrogen and oxygen atoms in total. The van der Waals surface area contributed by atoms with Gasteiger partial charge in [0.2, 0.25) is 5.91 Å². The van der Waals surface area contributed by atoms with Gasteiger partial charge in [-0.15, -0.1) is 0 Å². The standard InChI is InChI=1S/C37H48ClN3O2/c1-3-4-5-6-7-8-9-10-11-12-13-16-24-43-36-26-32(21-22-35(36)38)29-41(30(2)42)33-20-17-18-31(25-33)27-37-39-28-34-19-14-15-23-40(34)37/h14-15,17-23,25-26,28H,3-13,16,24,27,29H2,1-2H3. The zero-order valence-electron chi connectivity index (χ0n) is 26.1. The first kappa shape index (κ1) is 32.6. The molecule has 2 heterocycles. The normalized spacial score (nSPS) is 11.2. The summed E-state index contributed by atoms with van der Waals surface area (Å²) in [4.78, 5) is 19.2. The summed E-state index contributed by atoms with van der Waals surface area (Å²) in [6.45, 7) is 4.97. The number of hydrogen-bond donors (Lipinski definition) is 0. The van der Waals surface area contributed by atoms with E-state index in [0.29, 0.717) is 30.3 Å². The van der Waals surface area contributed by atoms with Gasteiger partial charge < -0.3 is 14.0 Å². The predicted octanol–water partition coefficient (Wildman–Crippen LogP) is 10.2. The smallest absolute Gasteiger partial charge is 0.224 e. The lowest BCUT2D eigenvalue weighted by molar-refractivity contribution is -0.116. The Balaban J connectivity index is 1.25. The first-order chi connectivity index (χ1) is 21.0. The molecule has 43 heavy (non-hydrogen) atoms. The minimum atomic E-state index is -0.0164. The Bertz CT molecular complexity index is 1420. The van der Waals surface area contributed by atoms with Crippen molar-refractivity contribution in [2.75, 3.05) is 11.5 Å². The number of imidazole rings is 1. The molecule has 6 heteroatoms. The number of nitrogens with zero attached hydrogens (tertiary/aromatic N) is 3. The van der Waals surface area contributed by atoms with Gasteiger partial charge in [0.1, 0.15) is 11.6 Å². The molecule has 0 unspecified atom stereocenters. The number of pyridine rings is 1. The van der Waals surface area contributed by atoms with Crippen LogP contribution in [-0.2, 0) is 17.8 Å². The SMILES string of the molecule is CCCCCCCCCCCCCCOc1cc(CN(C(C)=O)c2cccc(Cc3ncc4ccccn34)c2)ccc1Cl. The Labute approximate surface area is 263 Å². The molecule has 1 amide bonds. The number of aromatic nitrogens is 2. The Morgan fingerprint density at radius 3 is 2.28 bits per heavy atom. The van der Waals surface area contributed by atoms with Gasteiger partial charge in [-0.3, -0.25) is 4.79 Å². The molecule has 4 rings (SSSR count). The van der Waals surface area contributed by atoms with E-state index in [2.05, 4.69) is 28.4 Å². The molecule has 2 aromatic carbocycles. The highest BCUT2D eigenvalue weighted by atomic mass is 35.5. The molecule has 0 bridgehead atoms. The largest absolute Gasteiger partial charge is 0.492 e. The van der Waals surface area contributed by atoms with Crippen LogP contribution in [0.25, 0.3) is 5.52 Å². The number of carbonyl (C=O) groups excluding carboxylic acids is 1. The molecule has 2 aromatic heterocycles. The number of unbranched alkanes of at least 4 members (excludes halogenated alkanes) is 11. The van der Waals surface area contributed by atoms with Gasteiger partial charge in [-0.1, -0.05) is 113 Å². The molecule has 4 aromatic rings. The maximum absolute atomic E-state index is 12.8. The number of halogens is 1. The fraction of sp³-hybridized carbons (Fsp3) is 0.459. The Morgan fingerprint density at radius 2 is 1.56 bits per heavy atom. The minimum Gasteiger partial charge on any atom is -0.492 e. The van der Waals surface area contributed by atoms with E-state index < -0.39 is 0 Å². The average molecular weight is 602 g/mol. The number of amides is 1. The van der Waals surface area contributed by atoms with Crippen molar-refractivity contribution in [1.82, 2.24) is 9.38 Å². The molecule has 0 N–H and O–H groups in total. The molecule has 0 saturated carbocycles. The third-order valence-corrected chi connectivity index (χ3v) is 8.38. The molecule has 0 aliphatic heterocycles. The van der Waals surface area contributed by atoms with Gasteiger partial charge in [-0.25, -0.2) is 4.98 Å². The Kier molecular flexibility index (Phi) is 13.4. The maximum Gasteiger partial charge on any atom is 0.224 e. The van der Waals surface area contributed by atoms with Crippen molar-refractivity contribution < 1.29 is 9.53 Å². The van der Waals surface area contributed by atoms with Crippen molar-refractivity contribution in [3.05, 3.63) is 95.0 Å². The van der Waals surface area contributed by atoms with Crippen molar-refractivity contribution in [2.45, 2.75) is 104 Å². The molecule has 230 valence electrons. The second kappa shape index (κ2) is 17.7. The van der Waals surface area contributed by atoms with E-state index in [1.807, 2.05) is 60.9 Å². The van der Waals surface area contributed by atoms with E-state index in [0.717, 1.165) is 34.6 Å². The van der Waals surface area contributed by atoms with Gasteiger partial charge in [0, 0.05) is 25.2 Å². The fourth-order valence-corrected chi connectivity index (χ4v) is 5.77. The van der Waals surface area contributed by atoms with Gasteiger partial charge in [0.15, 0.2) is 0 Å². The van der Waals surface area contributed by atoms with Crippen LogP contribution in [0.2, 0.25) is 5.02 Å². The Hall–Kier alpha value is -3.31. The molecule has 0 aliphatic carbocycles. The van der Waals surface area contributed by atoms with Crippen LogP contribution in [0.15, 0.2) is 73.1 Å². The predicted molar refractivity (Wildman–Crippen MR) is 179 cm³/mol. The van der Waals surface area contributed by atoms with E-state index in [-0.39, 0.29) is 5.91 Å². The van der Waals surface area contributed by atoms with E-state index >= 15 is 0 Å². The highest BCUT2D eigenvalue weighted by Crippen LogP contribution is 2.28. The summed E-state index contributed by atoms with van der Waals surface area (Å²) in [5, 5.41) is 0.603. The minimum absolute atomic E-state index is 0.0164. The molecule has 0 radical (unpaired) electrons. The summed E-state index contributed by atoms with van der Waals surface area (Å²) in [6.07, 6.45) is 20.4. The lowest BCUT2D eigenvalue weighted by Gasteiger charge is -2.22. The Morgan fingerprint density at radius 1 is 0.837 bits per heavy atom. The maximum atomic E-state index is 12.8. The van der Waals surface area contributed by atoms with Gasteiger partial charge in [0.25, 0.3) is 0 Å². The summed E-state index contributed by atoms with van der Waals surface area (Å²) >= 11 is 6.48. The molecule has 0 aliphatic rings. The summed E-state index contributed by atoms with van der Waals surface area (Å²) in [5.74, 6) is 1.64. The van der Waals surface area contributed by atoms with Crippen molar-refractivity contribution in [3.63, 3.8) is 0 Å². The molecular formula is C37H48ClN3O2. The van der Waals surface area contributed by atoms with Crippen LogP contribution in [0.3, 0.4) is 0 Å². The quantitative estimate of drug-likeness (QED) is 0.100. The van der Waals surface area contributed by atoms with E-state index in [1.54, 1.807) is 11.8 Å². The number of hydrogen-bond acceptors (Lipinski definition) is 3. The van der Waals surface area contributed by atoms with Crippen LogP contribution in [0.4, 0.5) is 5.69 Å². The number of carbonyl (C=O) groups is 1. The first-order valence-electron chi connectivity index (χ1n) is 16.2. The molecule has 0 fully saturated rings. The third kappa shape index (κ3) is 10.4. The van der Waals surface area contributed by atoms with Gasteiger partial charge in [-0.05, 0) is 53.9 Å². The number of anilines is 1. The number of benzene rings is 2. The number of fused-ring (bicyclic) bond motifs is 1. The average Bonchev–Trinajstić information content (AvgIpc) is 3.42. The third-order valence-electron chi connectivity index (χ3n) is 8.07. The highest BCUT2D eigenvalue weighted by molar-refractivity contribution is 6.32. The summed E-state index contributed by atoms with van der Waals surface area (Å²) in [6, 6.07) is 20.0. The van der Waals surface area contributed by atoms with Crippen LogP contribution in [-0.4, -0.2) is 21.9 Å². The summed E-state index contributed by atoms with van der Waals surface area (Å²) in [7, 11) is 0. The molecule has 0 saturated heterocycles. The fourth-order valence-electron chi connectivity index (χ4n) is 5.60. The van der Waals surface area contributed by atoms with Crippen LogP contribution in [0, 0.1) is 0 Å². The zero-order valence-corrected chi connectivity index (χ0v) is 26.8. The van der Waals surface area contributed by atoms with Crippen molar-refractivity contribution >= 4 is 28.7 Å². The topological polar surface area (TPSA) is 46.8 Å². The molecule has 0 spiro atoms. The van der Waals surface area contributed by atoms with Crippen molar-refractivity contribution in [3.8, 4) is 5.75 Å². The lowest BCUT2D eigenvalue weighted by atomic mass is 10.1. The summed E-state index contributed by atoms with van der Waals surface area (Å²) < 4.78 is 8.18. The van der Waals surface area contributed by atoms with Crippen LogP contribution < -0.4 is 9.64 Å². The second-order valence-corrected chi connectivity index (χ2v) is 12.0. The van der Waals surface area contributed by atoms with E-state index in [4.69, 9.17) is 16.3 Å². The van der Waals surface area contributed by atoms with Crippen molar-refractivity contribution in [1.29, 1.82) is 0 Å². The highest BCUT2D eigenvalue weighted by Gasteiger charge is 2.15. The van der Waals surface area contributed by atoms with Crippen LogP contribution >= 0.6 is 11.6 Å². The van der Waals surface area contributed by atoms with Gasteiger partial charge in [0.05, 0.1) is 29.9 Å². The number of rotatable bonds is 19. The van der Waals surface area contributed by atoms with Gasteiger partial charge >= 0.3 is 0 Å². The second-order valence-electron chi connectivity index (χ2n) is 11.6. The zero-order chi connectivity index (χ0) is 30.3. The molecular weight excluding hydrogens is 554 g/mol. The number of ether oxygens (including phenoxy) is 1. The van der Waals surface area contributed by atoms with E-state index in [9.17, 15) is 4.79 Å². The lowest BCUT2D eigenvalue weighted by Crippen LogP contribution is -2.27. The molecule has 0 atom stereocenters. The summed E-state index contributed by atoms with van der Waals surface area (Å²) in [5.41, 5.74) is 4.01. The first-order valence-corrected chi connectivity index (χ1v) is 16.6. The van der Waals surface area contributed by atoms with Crippen molar-refractivity contribution in [2.24, 2.45) is 0 Å². The van der Waals surface area contributed by atoms with Crippen LogP contribution in [0.1, 0.15) is 108 Å². The monoisotopic (exact) mass is 601 g/mol. The van der Waals surface area contributed by atoms with Gasteiger partial charge in [-0.2, -0.15) is 0 Å².